The number of hydrogen-bond acceptors (Lipinski definition) is 5. The third kappa shape index (κ3) is 3.90. The first kappa shape index (κ1) is 18.4. The molecule has 5 N–H and O–H groups in total. The van der Waals surface area contributed by atoms with Crippen LogP contribution in [0.25, 0.3) is 0 Å². The van der Waals surface area contributed by atoms with Crippen molar-refractivity contribution in [2.24, 2.45) is 17.8 Å². The maximum Gasteiger partial charge on any atom is 0.387 e. The molecule has 1 aromatic rings. The zero-order valence-corrected chi connectivity index (χ0v) is 14.7. The average Bonchev–Trinajstić information content (AvgIpc) is 3.04. The molecule has 1 heterocycles. The summed E-state index contributed by atoms with van der Waals surface area (Å²) in [5.41, 5.74) is 7.08. The van der Waals surface area contributed by atoms with Gasteiger partial charge in [0.05, 0.1) is 11.8 Å². The number of carbonyl (C=O) groups is 1. The average molecular weight is 365 g/mol. The van der Waals surface area contributed by atoms with Gasteiger partial charge in [0, 0.05) is 36.6 Å². The Bertz CT molecular complexity index is 750. The van der Waals surface area contributed by atoms with Crippen LogP contribution >= 0.6 is 0 Å². The van der Waals surface area contributed by atoms with E-state index in [-0.39, 0.29) is 17.3 Å². The number of ketones is 1. The van der Waals surface area contributed by atoms with Crippen LogP contribution in [-0.4, -0.2) is 29.1 Å². The molecule has 0 aromatic carbocycles. The minimum Gasteiger partial charge on any atom is -0.431 e. The molecule has 2 saturated carbocycles. The zero-order valence-electron chi connectivity index (χ0n) is 14.7. The van der Waals surface area contributed by atoms with Crippen molar-refractivity contribution in [3.8, 4) is 5.75 Å². The first-order valence-electron chi connectivity index (χ1n) is 8.63. The molecule has 0 amide bonds. The number of allylic oxidation sites excluding steroid dienone is 2. The van der Waals surface area contributed by atoms with Gasteiger partial charge in [-0.1, -0.05) is 0 Å². The molecule has 140 valence electrons. The van der Waals surface area contributed by atoms with Crippen LogP contribution in [0.3, 0.4) is 0 Å². The maximum atomic E-state index is 12.5. The number of anilines is 1. The van der Waals surface area contributed by atoms with Crippen molar-refractivity contribution in [3.63, 3.8) is 0 Å². The summed E-state index contributed by atoms with van der Waals surface area (Å²) in [5.74, 6) is 0.979. The van der Waals surface area contributed by atoms with Crippen molar-refractivity contribution < 1.29 is 23.6 Å². The highest BCUT2D eigenvalue weighted by Gasteiger charge is 2.59. The van der Waals surface area contributed by atoms with Gasteiger partial charge in [-0.05, 0) is 31.7 Å². The molecule has 2 aliphatic rings. The monoisotopic (exact) mass is 365 g/mol. The normalized spacial score (nSPS) is 24.9. The zero-order chi connectivity index (χ0) is 19.0. The molecule has 8 heteroatoms. The minimum absolute atomic E-state index is 0.143. The van der Waals surface area contributed by atoms with Gasteiger partial charge in [0.1, 0.15) is 11.5 Å². The van der Waals surface area contributed by atoms with Crippen LogP contribution in [0.5, 0.6) is 5.75 Å². The third-order valence-electron chi connectivity index (χ3n) is 4.89. The number of hydrogen-bond donors (Lipinski definition) is 3. The smallest absolute Gasteiger partial charge is 0.387 e. The number of halogens is 2. The largest absolute Gasteiger partial charge is 0.431 e. The third-order valence-corrected chi connectivity index (χ3v) is 4.89. The van der Waals surface area contributed by atoms with E-state index in [1.165, 1.54) is 12.3 Å². The van der Waals surface area contributed by atoms with Crippen LogP contribution < -0.4 is 15.8 Å². The molecule has 2 fully saturated rings. The number of Topliss-reactive ketones (excluding diaryl/α,β-unsaturated/α-hetero) is 1. The first-order valence-corrected chi connectivity index (χ1v) is 8.63. The van der Waals surface area contributed by atoms with Crippen LogP contribution in [0.2, 0.25) is 0 Å². The predicted molar refractivity (Wildman–Crippen MR) is 92.0 cm³/mol. The van der Waals surface area contributed by atoms with Gasteiger partial charge in [0.2, 0.25) is 0 Å². The first-order chi connectivity index (χ1) is 12.3. The number of nitrogens with two attached hydrogens (primary N) is 2. The molecule has 0 aliphatic heterocycles. The number of carbonyl (C=O) groups excluding carboxylic acids is 1. The second kappa shape index (κ2) is 7.11. The van der Waals surface area contributed by atoms with Gasteiger partial charge < -0.3 is 15.8 Å². The van der Waals surface area contributed by atoms with Crippen LogP contribution in [0.1, 0.15) is 32.3 Å². The summed E-state index contributed by atoms with van der Waals surface area (Å²) in [6.07, 6.45) is 4.34. The molecule has 6 nitrogen and oxygen atoms in total. The van der Waals surface area contributed by atoms with Gasteiger partial charge in [-0.15, -0.1) is 0 Å². The number of ether oxygens (including phenoxy) is 1. The van der Waals surface area contributed by atoms with Crippen molar-refractivity contribution in [2.75, 3.05) is 5.73 Å². The van der Waals surface area contributed by atoms with Gasteiger partial charge in [-0.25, -0.2) is 4.98 Å². The molecule has 2 unspecified atom stereocenters. The summed E-state index contributed by atoms with van der Waals surface area (Å²) in [7, 11) is 0. The van der Waals surface area contributed by atoms with Gasteiger partial charge in [-0.3, -0.25) is 10.2 Å². The number of alkyl halides is 2. The molecule has 0 saturated heterocycles. The lowest BCUT2D eigenvalue weighted by atomic mass is 10.0. The SMILES string of the molecule is CC(C)[NH2+]C(=CC(=N)c1cnc(N)c(OC(F)F)c1)C1C2CC(=O)CC21. The maximum absolute atomic E-state index is 12.5. The standard InChI is InChI=1S/C18H22F2N4O2/c1-8(2)24-14(16-11-4-10(25)5-12(11)16)6-13(21)9-3-15(26-18(19)20)17(22)23-7-9/h3,6-8,11-12,16,18,21,24H,4-5H2,1-2H3,(H2,22,23)/p+1. The predicted octanol–water partition coefficient (Wildman–Crippen LogP) is 1.71. The van der Waals surface area contributed by atoms with Crippen molar-refractivity contribution in [1.29, 1.82) is 5.41 Å². The topological polar surface area (TPSA) is 106 Å². The molecular formula is C18H23F2N4O2+. The highest BCUT2D eigenvalue weighted by atomic mass is 19.3. The quantitative estimate of drug-likeness (QED) is 0.640. The number of nitrogen functional groups attached to an aromatic ring is 1. The molecule has 0 spiro atoms. The Kier molecular flexibility index (Phi) is 5.04. The summed E-state index contributed by atoms with van der Waals surface area (Å²) in [4.78, 5) is 15.4. The number of fused-ring (bicyclic) bond motifs is 1. The van der Waals surface area contributed by atoms with E-state index in [4.69, 9.17) is 11.1 Å². The van der Waals surface area contributed by atoms with Crippen LogP contribution in [-0.2, 0) is 4.79 Å². The van der Waals surface area contributed by atoms with Gasteiger partial charge in [-0.2, -0.15) is 8.78 Å². The van der Waals surface area contributed by atoms with Gasteiger partial charge in [0.25, 0.3) is 0 Å². The molecule has 2 aliphatic carbocycles. The van der Waals surface area contributed by atoms with E-state index >= 15 is 0 Å². The lowest BCUT2D eigenvalue weighted by Crippen LogP contribution is -2.87. The molecule has 0 bridgehead atoms. The van der Waals surface area contributed by atoms with E-state index in [1.54, 1.807) is 6.08 Å². The van der Waals surface area contributed by atoms with E-state index < -0.39 is 6.61 Å². The fourth-order valence-electron chi connectivity index (χ4n) is 3.79. The van der Waals surface area contributed by atoms with Gasteiger partial charge in [0.15, 0.2) is 11.6 Å². The number of nitrogens with one attached hydrogen (secondary N) is 1. The Morgan fingerprint density at radius 3 is 2.65 bits per heavy atom. The molecule has 0 radical (unpaired) electrons. The number of nitrogens with zero attached hydrogens (tertiary/aromatic N) is 1. The van der Waals surface area contributed by atoms with Crippen LogP contribution in [0.4, 0.5) is 14.6 Å². The van der Waals surface area contributed by atoms with Crippen molar-refractivity contribution in [1.82, 2.24) is 4.98 Å². The number of pyridine rings is 1. The molecular weight excluding hydrogens is 342 g/mol. The Labute approximate surface area is 150 Å². The lowest BCUT2D eigenvalue weighted by Gasteiger charge is -2.12. The Morgan fingerprint density at radius 2 is 2.08 bits per heavy atom. The number of quaternary nitrogens is 1. The summed E-state index contributed by atoms with van der Waals surface area (Å²) in [6, 6.07) is 1.60. The van der Waals surface area contributed by atoms with E-state index in [0.717, 1.165) is 5.70 Å². The van der Waals surface area contributed by atoms with Crippen molar-refractivity contribution >= 4 is 17.3 Å². The van der Waals surface area contributed by atoms with Crippen LogP contribution in [0, 0.1) is 23.2 Å². The second-order valence-electron chi connectivity index (χ2n) is 7.25. The number of rotatable bonds is 7. The minimum atomic E-state index is -3.01. The fourth-order valence-corrected chi connectivity index (χ4v) is 3.79. The summed E-state index contributed by atoms with van der Waals surface area (Å²) in [6.45, 7) is 1.10. The van der Waals surface area contributed by atoms with E-state index in [2.05, 4.69) is 28.9 Å². The highest BCUT2D eigenvalue weighted by molar-refractivity contribution is 6.07. The van der Waals surface area contributed by atoms with E-state index in [1.807, 2.05) is 0 Å². The second-order valence-corrected chi connectivity index (χ2v) is 7.25. The molecule has 26 heavy (non-hydrogen) atoms. The molecule has 3 rings (SSSR count). The van der Waals surface area contributed by atoms with E-state index in [0.29, 0.717) is 48.0 Å². The van der Waals surface area contributed by atoms with E-state index in [9.17, 15) is 13.6 Å². The van der Waals surface area contributed by atoms with Crippen LogP contribution in [0.15, 0.2) is 24.0 Å². The fraction of sp³-hybridized carbons (Fsp3) is 0.500. The Balaban J connectivity index is 1.81. The Morgan fingerprint density at radius 1 is 1.42 bits per heavy atom. The summed E-state index contributed by atoms with van der Waals surface area (Å²) >= 11 is 0. The summed E-state index contributed by atoms with van der Waals surface area (Å²) in [5, 5.41) is 10.4. The van der Waals surface area contributed by atoms with Gasteiger partial charge >= 0.3 is 6.61 Å². The lowest BCUT2D eigenvalue weighted by molar-refractivity contribution is -0.640. The molecule has 1 aromatic heterocycles. The number of aromatic nitrogens is 1. The van der Waals surface area contributed by atoms with Crippen molar-refractivity contribution in [2.45, 2.75) is 39.3 Å². The highest BCUT2D eigenvalue weighted by Crippen LogP contribution is 2.58. The Hall–Kier alpha value is -2.35. The molecule has 2 atom stereocenters. The van der Waals surface area contributed by atoms with Crippen molar-refractivity contribution in [3.05, 3.63) is 29.6 Å². The summed E-state index contributed by atoms with van der Waals surface area (Å²) < 4.78 is 29.3.